The normalized spacial score (nSPS) is 19.1. The third-order valence-corrected chi connectivity index (χ3v) is 6.89. The minimum Gasteiger partial charge on any atom is -0.481 e. The van der Waals surface area contributed by atoms with Crippen molar-refractivity contribution in [2.75, 3.05) is 33.3 Å². The SMILES string of the molecule is C=CC(=O)N1CC(C2CCN(Sc3cccc4c(OC)nccc34)CC2)C1. The molecule has 2 aliphatic rings. The van der Waals surface area contributed by atoms with Crippen LogP contribution >= 0.6 is 11.9 Å². The summed E-state index contributed by atoms with van der Waals surface area (Å²) in [7, 11) is 1.66. The summed E-state index contributed by atoms with van der Waals surface area (Å²) in [5.74, 6) is 2.14. The van der Waals surface area contributed by atoms with Crippen molar-refractivity contribution in [3.8, 4) is 5.88 Å². The van der Waals surface area contributed by atoms with Gasteiger partial charge in [0.15, 0.2) is 0 Å². The summed E-state index contributed by atoms with van der Waals surface area (Å²) >= 11 is 1.83. The van der Waals surface area contributed by atoms with E-state index in [-0.39, 0.29) is 5.91 Å². The quantitative estimate of drug-likeness (QED) is 0.583. The van der Waals surface area contributed by atoms with Crippen molar-refractivity contribution < 1.29 is 9.53 Å². The number of likely N-dealkylation sites (tertiary alicyclic amines) is 1. The van der Waals surface area contributed by atoms with E-state index in [1.807, 2.05) is 23.0 Å². The summed E-state index contributed by atoms with van der Waals surface area (Å²) in [4.78, 5) is 19.1. The van der Waals surface area contributed by atoms with E-state index < -0.39 is 0 Å². The van der Waals surface area contributed by atoms with E-state index in [0.29, 0.717) is 11.8 Å². The molecule has 2 saturated heterocycles. The van der Waals surface area contributed by atoms with Gasteiger partial charge in [-0.1, -0.05) is 12.6 Å². The molecule has 1 amide bonds. The van der Waals surface area contributed by atoms with Gasteiger partial charge in [0.05, 0.1) is 7.11 Å². The van der Waals surface area contributed by atoms with Crippen LogP contribution in [0.2, 0.25) is 0 Å². The molecule has 2 aliphatic heterocycles. The number of rotatable bonds is 5. The van der Waals surface area contributed by atoms with Gasteiger partial charge in [-0.15, -0.1) is 0 Å². The molecule has 142 valence electrons. The van der Waals surface area contributed by atoms with E-state index in [0.717, 1.165) is 37.5 Å². The molecule has 6 heteroatoms. The first-order valence-corrected chi connectivity index (χ1v) is 10.2. The first-order chi connectivity index (χ1) is 13.2. The maximum atomic E-state index is 11.6. The van der Waals surface area contributed by atoms with Crippen molar-refractivity contribution in [1.29, 1.82) is 0 Å². The van der Waals surface area contributed by atoms with Crippen LogP contribution in [-0.2, 0) is 4.79 Å². The number of aromatic nitrogens is 1. The van der Waals surface area contributed by atoms with Crippen molar-refractivity contribution in [3.05, 3.63) is 43.1 Å². The topological polar surface area (TPSA) is 45.7 Å². The molecule has 0 radical (unpaired) electrons. The Morgan fingerprint density at radius 2 is 2.00 bits per heavy atom. The second-order valence-electron chi connectivity index (χ2n) is 7.24. The smallest absolute Gasteiger partial charge is 0.245 e. The van der Waals surface area contributed by atoms with Crippen LogP contribution in [0.25, 0.3) is 10.8 Å². The molecule has 0 aliphatic carbocycles. The average molecular weight is 384 g/mol. The van der Waals surface area contributed by atoms with Crippen molar-refractivity contribution in [2.45, 2.75) is 17.7 Å². The third-order valence-electron chi connectivity index (χ3n) is 5.71. The van der Waals surface area contributed by atoms with Crippen molar-refractivity contribution in [1.82, 2.24) is 14.2 Å². The number of amides is 1. The van der Waals surface area contributed by atoms with E-state index in [2.05, 4.69) is 40.1 Å². The maximum absolute atomic E-state index is 11.6. The molecule has 0 N–H and O–H groups in total. The highest BCUT2D eigenvalue weighted by Crippen LogP contribution is 2.38. The zero-order chi connectivity index (χ0) is 18.8. The van der Waals surface area contributed by atoms with Gasteiger partial charge >= 0.3 is 0 Å². The lowest BCUT2D eigenvalue weighted by molar-refractivity contribution is -0.133. The first-order valence-electron chi connectivity index (χ1n) is 9.45. The van der Waals surface area contributed by atoms with Gasteiger partial charge in [0, 0.05) is 48.0 Å². The molecule has 3 heterocycles. The number of nitrogens with zero attached hydrogens (tertiary/aromatic N) is 3. The zero-order valence-corrected chi connectivity index (χ0v) is 16.5. The van der Waals surface area contributed by atoms with Gasteiger partial charge in [-0.25, -0.2) is 9.29 Å². The van der Waals surface area contributed by atoms with Gasteiger partial charge in [0.25, 0.3) is 0 Å². The summed E-state index contributed by atoms with van der Waals surface area (Å²) in [5.41, 5.74) is 0. The number of pyridine rings is 1. The summed E-state index contributed by atoms with van der Waals surface area (Å²) in [6, 6.07) is 8.36. The lowest BCUT2D eigenvalue weighted by Gasteiger charge is -2.45. The number of piperidine rings is 1. The van der Waals surface area contributed by atoms with Gasteiger partial charge in [-0.05, 0) is 60.9 Å². The van der Waals surface area contributed by atoms with Crippen molar-refractivity contribution >= 4 is 28.6 Å². The van der Waals surface area contributed by atoms with Crippen molar-refractivity contribution in [2.24, 2.45) is 11.8 Å². The van der Waals surface area contributed by atoms with E-state index >= 15 is 0 Å². The summed E-state index contributed by atoms with van der Waals surface area (Å²) in [6.07, 6.45) is 5.63. The van der Waals surface area contributed by atoms with E-state index in [9.17, 15) is 4.79 Å². The summed E-state index contributed by atoms with van der Waals surface area (Å²) in [6.45, 7) is 7.54. The lowest BCUT2D eigenvalue weighted by Crippen LogP contribution is -2.53. The molecule has 0 atom stereocenters. The van der Waals surface area contributed by atoms with E-state index in [4.69, 9.17) is 4.74 Å². The molecule has 2 aromatic rings. The molecule has 27 heavy (non-hydrogen) atoms. The predicted molar refractivity (Wildman–Crippen MR) is 109 cm³/mol. The molecule has 0 saturated carbocycles. The number of methoxy groups -OCH3 is 1. The number of benzene rings is 1. The standard InChI is InChI=1S/C21H25N3O2S/c1-3-20(25)23-13-16(14-23)15-8-11-24(12-9-15)27-19-6-4-5-18-17(19)7-10-22-21(18)26-2/h3-7,10,15-16H,1,8-9,11-14H2,2H3. The number of carbonyl (C=O) groups is 1. The van der Waals surface area contributed by atoms with Crippen LogP contribution in [-0.4, -0.2) is 53.4 Å². The van der Waals surface area contributed by atoms with Crippen LogP contribution in [0.4, 0.5) is 0 Å². The fraction of sp³-hybridized carbons (Fsp3) is 0.429. The van der Waals surface area contributed by atoms with E-state index in [1.54, 1.807) is 7.11 Å². The summed E-state index contributed by atoms with van der Waals surface area (Å²) in [5, 5.41) is 2.25. The Morgan fingerprint density at radius 3 is 2.70 bits per heavy atom. The number of hydrogen-bond acceptors (Lipinski definition) is 5. The van der Waals surface area contributed by atoms with Gasteiger partial charge in [-0.3, -0.25) is 4.79 Å². The highest BCUT2D eigenvalue weighted by Gasteiger charge is 2.36. The summed E-state index contributed by atoms with van der Waals surface area (Å²) < 4.78 is 7.86. The Balaban J connectivity index is 1.36. The molecule has 0 spiro atoms. The Hall–Kier alpha value is -2.05. The van der Waals surface area contributed by atoms with Crippen LogP contribution in [0.15, 0.2) is 48.0 Å². The molecular formula is C21H25N3O2S. The fourth-order valence-corrected chi connectivity index (χ4v) is 5.18. The largest absolute Gasteiger partial charge is 0.481 e. The first kappa shape index (κ1) is 18.3. The number of fused-ring (bicyclic) bond motifs is 1. The Labute approximate surface area is 164 Å². The van der Waals surface area contributed by atoms with Crippen LogP contribution in [0.1, 0.15) is 12.8 Å². The molecule has 2 fully saturated rings. The van der Waals surface area contributed by atoms with Gasteiger partial charge < -0.3 is 9.64 Å². The van der Waals surface area contributed by atoms with Gasteiger partial charge in [0.1, 0.15) is 0 Å². The minimum absolute atomic E-state index is 0.0696. The molecule has 4 rings (SSSR count). The van der Waals surface area contributed by atoms with Crippen LogP contribution in [0, 0.1) is 11.8 Å². The van der Waals surface area contributed by atoms with Gasteiger partial charge in [-0.2, -0.15) is 0 Å². The van der Waals surface area contributed by atoms with Crippen LogP contribution in [0.3, 0.4) is 0 Å². The molecule has 0 unspecified atom stereocenters. The molecule has 1 aromatic heterocycles. The predicted octanol–water partition coefficient (Wildman–Crippen LogP) is 3.61. The molecular weight excluding hydrogens is 358 g/mol. The molecule has 0 bridgehead atoms. The highest BCUT2D eigenvalue weighted by molar-refractivity contribution is 7.97. The molecule has 1 aromatic carbocycles. The highest BCUT2D eigenvalue weighted by atomic mass is 32.2. The monoisotopic (exact) mass is 383 g/mol. The zero-order valence-electron chi connectivity index (χ0n) is 15.6. The fourth-order valence-electron chi connectivity index (χ4n) is 4.09. The Kier molecular flexibility index (Phi) is 5.36. The Bertz CT molecular complexity index is 842. The number of carbonyl (C=O) groups excluding carboxylic acids is 1. The lowest BCUT2D eigenvalue weighted by atomic mass is 9.80. The number of hydrogen-bond donors (Lipinski definition) is 0. The Morgan fingerprint density at radius 1 is 1.22 bits per heavy atom. The minimum atomic E-state index is 0.0696. The maximum Gasteiger partial charge on any atom is 0.245 e. The second kappa shape index (κ2) is 7.90. The van der Waals surface area contributed by atoms with E-state index in [1.165, 1.54) is 29.2 Å². The molecule has 5 nitrogen and oxygen atoms in total. The van der Waals surface area contributed by atoms with Crippen molar-refractivity contribution in [3.63, 3.8) is 0 Å². The van der Waals surface area contributed by atoms with Gasteiger partial charge in [0.2, 0.25) is 11.8 Å². The van der Waals surface area contributed by atoms with Crippen LogP contribution in [0.5, 0.6) is 5.88 Å². The third kappa shape index (κ3) is 3.69. The second-order valence-corrected chi connectivity index (χ2v) is 8.38. The van der Waals surface area contributed by atoms with Crippen LogP contribution < -0.4 is 4.74 Å². The number of ether oxygens (including phenoxy) is 1. The average Bonchev–Trinajstić information content (AvgIpc) is 2.67.